The number of hydrogen-bond acceptors (Lipinski definition) is 5. The Balaban J connectivity index is 1.42. The Bertz CT molecular complexity index is 1560. The largest absolute Gasteiger partial charge is 0.505 e. The van der Waals surface area contributed by atoms with Crippen LogP contribution >= 0.6 is 23.2 Å². The van der Waals surface area contributed by atoms with Gasteiger partial charge in [-0.05, 0) is 92.2 Å². The number of aromatic nitrogens is 2. The highest BCUT2D eigenvalue weighted by Gasteiger charge is 2.34. The SMILES string of the molecule is C[n+]1cc(C(=O)C2CC2)c(Nc2cncc(CCN3CCCC3)c2)c2cc(-c3cc(Cl)c(O)c(Cl)c3)ccc21. The quantitative estimate of drug-likeness (QED) is 0.185. The molecule has 1 aliphatic carbocycles. The van der Waals surface area contributed by atoms with Gasteiger partial charge in [-0.25, -0.2) is 4.57 Å². The van der Waals surface area contributed by atoms with Crippen molar-refractivity contribution in [2.75, 3.05) is 25.0 Å². The number of carbonyl (C=O) groups excluding carboxylic acids is 1. The zero-order valence-electron chi connectivity index (χ0n) is 21.9. The molecule has 2 aromatic heterocycles. The highest BCUT2D eigenvalue weighted by atomic mass is 35.5. The van der Waals surface area contributed by atoms with Crippen LogP contribution in [0.5, 0.6) is 5.75 Å². The minimum atomic E-state index is -0.133. The normalized spacial score (nSPS) is 15.7. The second kappa shape index (κ2) is 10.8. The van der Waals surface area contributed by atoms with Gasteiger partial charge in [0.15, 0.2) is 17.7 Å². The van der Waals surface area contributed by atoms with Crippen molar-refractivity contribution >= 4 is 51.3 Å². The molecule has 0 amide bonds. The second-order valence-electron chi connectivity index (χ2n) is 10.7. The molecule has 4 aromatic rings. The summed E-state index contributed by atoms with van der Waals surface area (Å²) in [4.78, 5) is 20.5. The van der Waals surface area contributed by atoms with E-state index < -0.39 is 0 Å². The first-order valence-electron chi connectivity index (χ1n) is 13.5. The Morgan fingerprint density at radius 2 is 1.82 bits per heavy atom. The standard InChI is InChI=1S/C31H30Cl2N4O2/c1-36-18-25(30(38)20-4-5-20)29(35-23-12-19(16-34-17-23)8-11-37-9-2-3-10-37)24-13-21(6-7-28(24)36)22-14-26(32)31(39)27(33)15-22/h6-7,12-18,20,39H,2-5,8-11H2,1H3/p+1. The van der Waals surface area contributed by atoms with Gasteiger partial charge in [-0.15, -0.1) is 0 Å². The molecule has 2 N–H and O–H groups in total. The number of anilines is 2. The number of nitrogens with zero attached hydrogens (tertiary/aromatic N) is 3. The van der Waals surface area contributed by atoms with Gasteiger partial charge in [0.2, 0.25) is 5.52 Å². The molecule has 0 radical (unpaired) electrons. The van der Waals surface area contributed by atoms with Crippen LogP contribution in [0.15, 0.2) is 55.0 Å². The molecule has 1 aliphatic heterocycles. The van der Waals surface area contributed by atoms with Crippen LogP contribution in [0.4, 0.5) is 11.4 Å². The zero-order valence-corrected chi connectivity index (χ0v) is 23.4. The Hall–Kier alpha value is -3.19. The predicted octanol–water partition coefficient (Wildman–Crippen LogP) is 6.71. The number of fused-ring (bicyclic) bond motifs is 1. The Morgan fingerprint density at radius 3 is 2.54 bits per heavy atom. The summed E-state index contributed by atoms with van der Waals surface area (Å²) >= 11 is 12.5. The molecular formula is C31H31Cl2N4O2+. The third-order valence-corrected chi connectivity index (χ3v) is 8.36. The first-order chi connectivity index (χ1) is 18.9. The lowest BCUT2D eigenvalue weighted by Gasteiger charge is -2.16. The fraction of sp³-hybridized carbons (Fsp3) is 0.323. The van der Waals surface area contributed by atoms with Crippen LogP contribution in [0.1, 0.15) is 41.6 Å². The Kier molecular flexibility index (Phi) is 7.19. The van der Waals surface area contributed by atoms with Crippen molar-refractivity contribution in [2.45, 2.75) is 32.1 Å². The van der Waals surface area contributed by atoms with Crippen molar-refractivity contribution in [1.82, 2.24) is 9.88 Å². The van der Waals surface area contributed by atoms with E-state index in [0.717, 1.165) is 59.2 Å². The minimum absolute atomic E-state index is 0.0748. The van der Waals surface area contributed by atoms with E-state index in [1.54, 1.807) is 12.1 Å². The molecule has 2 aliphatic rings. The smallest absolute Gasteiger partial charge is 0.214 e. The average molecular weight is 563 g/mol. The fourth-order valence-corrected chi connectivity index (χ4v) is 5.93. The maximum absolute atomic E-state index is 13.5. The molecule has 6 rings (SSSR count). The van der Waals surface area contributed by atoms with E-state index in [0.29, 0.717) is 5.56 Å². The van der Waals surface area contributed by atoms with E-state index in [-0.39, 0.29) is 27.5 Å². The first-order valence-corrected chi connectivity index (χ1v) is 14.3. The fourth-order valence-electron chi connectivity index (χ4n) is 5.45. The number of aromatic hydroxyl groups is 1. The van der Waals surface area contributed by atoms with E-state index in [1.807, 2.05) is 48.4 Å². The summed E-state index contributed by atoms with van der Waals surface area (Å²) in [6.45, 7) is 3.37. The summed E-state index contributed by atoms with van der Waals surface area (Å²) < 4.78 is 2.00. The number of carbonyl (C=O) groups is 1. The lowest BCUT2D eigenvalue weighted by Crippen LogP contribution is -2.31. The summed E-state index contributed by atoms with van der Waals surface area (Å²) in [5.41, 5.74) is 6.11. The lowest BCUT2D eigenvalue weighted by molar-refractivity contribution is -0.644. The van der Waals surface area contributed by atoms with E-state index >= 15 is 0 Å². The van der Waals surface area contributed by atoms with Gasteiger partial charge in [0.25, 0.3) is 0 Å². The van der Waals surface area contributed by atoms with Gasteiger partial charge < -0.3 is 15.3 Å². The molecule has 2 aromatic carbocycles. The van der Waals surface area contributed by atoms with Crippen LogP contribution in [0, 0.1) is 5.92 Å². The number of likely N-dealkylation sites (tertiary alicyclic amines) is 1. The number of Topliss-reactive ketones (excluding diaryl/α,β-unsaturated/α-hetero) is 1. The molecule has 0 atom stereocenters. The number of pyridine rings is 2. The maximum atomic E-state index is 13.5. The van der Waals surface area contributed by atoms with Crippen LogP contribution in [0.3, 0.4) is 0 Å². The number of hydrogen-bond donors (Lipinski definition) is 2. The number of phenols is 1. The summed E-state index contributed by atoms with van der Waals surface area (Å²) in [6.07, 6.45) is 11.0. The number of nitrogens with one attached hydrogen (secondary N) is 1. The average Bonchev–Trinajstić information content (AvgIpc) is 3.66. The van der Waals surface area contributed by atoms with Crippen molar-refractivity contribution in [3.8, 4) is 16.9 Å². The van der Waals surface area contributed by atoms with Gasteiger partial charge in [0.05, 0.1) is 33.0 Å². The molecule has 2 fully saturated rings. The molecule has 1 saturated heterocycles. The van der Waals surface area contributed by atoms with Crippen LogP contribution in [0.25, 0.3) is 22.0 Å². The van der Waals surface area contributed by atoms with Crippen LogP contribution in [0.2, 0.25) is 10.0 Å². The number of benzene rings is 2. The Morgan fingerprint density at radius 1 is 1.08 bits per heavy atom. The number of aryl methyl sites for hydroxylation is 1. The van der Waals surface area contributed by atoms with Gasteiger partial charge in [-0.1, -0.05) is 23.2 Å². The molecule has 0 unspecified atom stereocenters. The number of ketones is 1. The second-order valence-corrected chi connectivity index (χ2v) is 11.5. The number of halogens is 2. The molecule has 1 saturated carbocycles. The summed E-state index contributed by atoms with van der Waals surface area (Å²) in [5, 5.41) is 14.9. The van der Waals surface area contributed by atoms with Gasteiger partial charge in [0.1, 0.15) is 12.6 Å². The maximum Gasteiger partial charge on any atom is 0.214 e. The molecule has 3 heterocycles. The minimum Gasteiger partial charge on any atom is -0.505 e. The third-order valence-electron chi connectivity index (χ3n) is 7.78. The molecule has 6 nitrogen and oxygen atoms in total. The molecule has 0 bridgehead atoms. The molecular weight excluding hydrogens is 531 g/mol. The molecule has 0 spiro atoms. The van der Waals surface area contributed by atoms with E-state index in [2.05, 4.69) is 21.3 Å². The van der Waals surface area contributed by atoms with Gasteiger partial charge in [-0.2, -0.15) is 0 Å². The molecule has 39 heavy (non-hydrogen) atoms. The van der Waals surface area contributed by atoms with E-state index in [9.17, 15) is 9.90 Å². The predicted molar refractivity (Wildman–Crippen MR) is 156 cm³/mol. The molecule has 200 valence electrons. The monoisotopic (exact) mass is 561 g/mol. The summed E-state index contributed by atoms with van der Waals surface area (Å²) in [5.74, 6) is 0.103. The highest BCUT2D eigenvalue weighted by Crippen LogP contribution is 2.40. The van der Waals surface area contributed by atoms with Crippen LogP contribution in [-0.2, 0) is 13.5 Å². The summed E-state index contributed by atoms with van der Waals surface area (Å²) in [7, 11) is 1.96. The molecule has 8 heteroatoms. The summed E-state index contributed by atoms with van der Waals surface area (Å²) in [6, 6.07) is 11.6. The van der Waals surface area contributed by atoms with Crippen molar-refractivity contribution in [1.29, 1.82) is 0 Å². The highest BCUT2D eigenvalue weighted by molar-refractivity contribution is 6.37. The van der Waals surface area contributed by atoms with E-state index in [4.69, 9.17) is 23.2 Å². The van der Waals surface area contributed by atoms with Crippen molar-refractivity contribution in [3.05, 3.63) is 76.2 Å². The number of phenolic OH excluding ortho intramolecular Hbond substituents is 1. The van der Waals surface area contributed by atoms with E-state index in [1.165, 1.54) is 31.5 Å². The van der Waals surface area contributed by atoms with Gasteiger partial charge in [-0.3, -0.25) is 9.78 Å². The van der Waals surface area contributed by atoms with Crippen molar-refractivity contribution in [2.24, 2.45) is 13.0 Å². The topological polar surface area (TPSA) is 69.3 Å². The van der Waals surface area contributed by atoms with Crippen molar-refractivity contribution in [3.63, 3.8) is 0 Å². The lowest BCUT2D eigenvalue weighted by atomic mass is 9.98. The van der Waals surface area contributed by atoms with Gasteiger partial charge >= 0.3 is 0 Å². The van der Waals surface area contributed by atoms with Gasteiger partial charge in [0, 0.05) is 24.7 Å². The zero-order chi connectivity index (χ0) is 27.1. The first kappa shape index (κ1) is 26.1. The van der Waals surface area contributed by atoms with Crippen molar-refractivity contribution < 1.29 is 14.5 Å². The van der Waals surface area contributed by atoms with Crippen LogP contribution in [-0.4, -0.2) is 40.4 Å². The number of rotatable bonds is 8. The Labute approximate surface area is 238 Å². The van der Waals surface area contributed by atoms with Crippen LogP contribution < -0.4 is 9.88 Å². The third kappa shape index (κ3) is 5.46.